The van der Waals surface area contributed by atoms with Gasteiger partial charge >= 0.3 is 10.1 Å². The number of para-hydroxylation sites is 1. The smallest absolute Gasteiger partial charge is 0.301 e. The van der Waals surface area contributed by atoms with E-state index in [1.54, 1.807) is 0 Å². The van der Waals surface area contributed by atoms with Crippen molar-refractivity contribution in [2.75, 3.05) is 0 Å². The van der Waals surface area contributed by atoms with E-state index in [2.05, 4.69) is 0 Å². The fourth-order valence-corrected chi connectivity index (χ4v) is 1.48. The van der Waals surface area contributed by atoms with Gasteiger partial charge in [0.2, 0.25) is 0 Å². The molecular formula is C6H13NO9S. The molecule has 0 aliphatic rings. The van der Waals surface area contributed by atoms with Gasteiger partial charge in [0.1, 0.15) is 0 Å². The van der Waals surface area contributed by atoms with Crippen molar-refractivity contribution in [3.8, 4) is 0 Å². The van der Waals surface area contributed by atoms with Crippen LogP contribution in [0.1, 0.15) is 0 Å². The van der Waals surface area contributed by atoms with E-state index in [-0.39, 0.29) is 21.9 Å². The molecule has 1 aromatic carbocycles. The molecule has 0 heterocycles. The third-order valence-electron chi connectivity index (χ3n) is 1.34. The summed E-state index contributed by atoms with van der Waals surface area (Å²) in [7, 11) is -4.52. The maximum atomic E-state index is 10.6. The number of rotatable bonds is 2. The molecule has 1 rings (SSSR count). The summed E-state index contributed by atoms with van der Waals surface area (Å²) in [6.07, 6.45) is 0. The van der Waals surface area contributed by atoms with Crippen LogP contribution in [0.5, 0.6) is 0 Å². The van der Waals surface area contributed by atoms with E-state index in [1.165, 1.54) is 12.1 Å². The summed E-state index contributed by atoms with van der Waals surface area (Å²) in [6.45, 7) is 0. The highest BCUT2D eigenvalue weighted by atomic mass is 32.2. The largest absolute Gasteiger partial charge is 0.412 e. The van der Waals surface area contributed by atoms with Gasteiger partial charge in [-0.3, -0.25) is 14.7 Å². The Morgan fingerprint density at radius 1 is 1.06 bits per heavy atom. The molecule has 0 aliphatic heterocycles. The van der Waals surface area contributed by atoms with E-state index >= 15 is 0 Å². The average molecular weight is 275 g/mol. The van der Waals surface area contributed by atoms with E-state index in [1.807, 2.05) is 0 Å². The Hall–Kier alpha value is -1.63. The van der Waals surface area contributed by atoms with Gasteiger partial charge < -0.3 is 21.9 Å². The molecule has 10 nitrogen and oxygen atoms in total. The summed E-state index contributed by atoms with van der Waals surface area (Å²) in [6, 6.07) is 4.57. The molecule has 102 valence electrons. The highest BCUT2D eigenvalue weighted by Gasteiger charge is 2.22. The van der Waals surface area contributed by atoms with Crippen molar-refractivity contribution >= 4 is 15.8 Å². The maximum absolute atomic E-state index is 10.6. The molecular weight excluding hydrogens is 262 g/mol. The van der Waals surface area contributed by atoms with E-state index in [0.29, 0.717) is 0 Å². The molecule has 17 heavy (non-hydrogen) atoms. The van der Waals surface area contributed by atoms with Crippen LogP contribution in [0.2, 0.25) is 0 Å². The molecule has 0 radical (unpaired) electrons. The zero-order valence-corrected chi connectivity index (χ0v) is 9.06. The predicted octanol–water partition coefficient (Wildman–Crippen LogP) is -2.46. The molecule has 0 amide bonds. The lowest BCUT2D eigenvalue weighted by Crippen LogP contribution is -2.02. The van der Waals surface area contributed by atoms with Crippen molar-refractivity contribution in [1.29, 1.82) is 0 Å². The van der Waals surface area contributed by atoms with Crippen LogP contribution in [-0.4, -0.2) is 39.8 Å². The normalized spacial score (nSPS) is 8.53. The molecule has 0 aliphatic carbocycles. The van der Waals surface area contributed by atoms with Crippen molar-refractivity contribution in [1.82, 2.24) is 0 Å². The Morgan fingerprint density at radius 3 is 1.76 bits per heavy atom. The Kier molecular flexibility index (Phi) is 12.3. The lowest BCUT2D eigenvalue weighted by Gasteiger charge is -1.97. The minimum atomic E-state index is -4.52. The monoisotopic (exact) mass is 275 g/mol. The molecule has 0 aromatic heterocycles. The van der Waals surface area contributed by atoms with Gasteiger partial charge in [0.05, 0.1) is 4.92 Å². The predicted molar refractivity (Wildman–Crippen MR) is 57.4 cm³/mol. The summed E-state index contributed by atoms with van der Waals surface area (Å²) >= 11 is 0. The Bertz CT molecular complexity index is 443. The summed E-state index contributed by atoms with van der Waals surface area (Å²) in [5.74, 6) is 0. The number of nitrogens with zero attached hydrogens (tertiary/aromatic N) is 1. The third-order valence-corrected chi connectivity index (χ3v) is 2.24. The number of nitro groups is 1. The first-order valence-corrected chi connectivity index (χ1v) is 4.58. The van der Waals surface area contributed by atoms with Crippen LogP contribution in [0.4, 0.5) is 5.69 Å². The van der Waals surface area contributed by atoms with Gasteiger partial charge in [-0.2, -0.15) is 8.42 Å². The van der Waals surface area contributed by atoms with Crippen LogP contribution in [0, 0.1) is 10.1 Å². The lowest BCUT2D eigenvalue weighted by molar-refractivity contribution is -0.387. The number of hydrogen-bond donors (Lipinski definition) is 1. The van der Waals surface area contributed by atoms with Crippen LogP contribution in [0.15, 0.2) is 29.2 Å². The van der Waals surface area contributed by atoms with Gasteiger partial charge in [0.15, 0.2) is 4.90 Å². The summed E-state index contributed by atoms with van der Waals surface area (Å²) in [5.41, 5.74) is -0.634. The molecule has 0 atom stereocenters. The zero-order chi connectivity index (χ0) is 10.1. The number of hydrogen-bond acceptors (Lipinski definition) is 4. The van der Waals surface area contributed by atoms with Crippen molar-refractivity contribution < 1.29 is 39.8 Å². The highest BCUT2D eigenvalue weighted by Crippen LogP contribution is 2.21. The topological polar surface area (TPSA) is 224 Å². The summed E-state index contributed by atoms with van der Waals surface area (Å²) < 4.78 is 29.8. The molecule has 0 fully saturated rings. The van der Waals surface area contributed by atoms with Crippen molar-refractivity contribution in [3.63, 3.8) is 0 Å². The van der Waals surface area contributed by atoms with Gasteiger partial charge in [0.25, 0.3) is 5.69 Å². The first-order chi connectivity index (χ1) is 5.93. The first-order valence-electron chi connectivity index (χ1n) is 3.14. The standard InChI is InChI=1S/C6H5NO5S.4H2O/c8-7(9)5-3-1-2-4-6(5)13(10,11)12;;;;/h1-4H,(H,10,11,12);4*1H2. The molecule has 0 bridgehead atoms. The van der Waals surface area contributed by atoms with Gasteiger partial charge in [-0.05, 0) is 6.07 Å². The van der Waals surface area contributed by atoms with Crippen molar-refractivity contribution in [2.24, 2.45) is 0 Å². The fraction of sp³-hybridized carbons (Fsp3) is 0. The molecule has 0 spiro atoms. The fourth-order valence-electron chi connectivity index (χ4n) is 0.826. The second kappa shape index (κ2) is 8.51. The molecule has 0 saturated heterocycles. The average Bonchev–Trinajstić information content (AvgIpc) is 2.03. The van der Waals surface area contributed by atoms with E-state index in [9.17, 15) is 18.5 Å². The van der Waals surface area contributed by atoms with Gasteiger partial charge in [0, 0.05) is 6.07 Å². The lowest BCUT2D eigenvalue weighted by atomic mass is 10.3. The van der Waals surface area contributed by atoms with Gasteiger partial charge in [-0.25, -0.2) is 0 Å². The minimum Gasteiger partial charge on any atom is -0.412 e. The van der Waals surface area contributed by atoms with E-state index < -0.39 is 25.6 Å². The van der Waals surface area contributed by atoms with E-state index in [0.717, 1.165) is 12.1 Å². The van der Waals surface area contributed by atoms with Crippen LogP contribution < -0.4 is 0 Å². The minimum absolute atomic E-state index is 0. The van der Waals surface area contributed by atoms with Gasteiger partial charge in [-0.15, -0.1) is 0 Å². The SMILES string of the molecule is O.O.O.O.O=[N+]([O-])c1ccccc1S(=O)(=O)O. The quantitative estimate of drug-likeness (QED) is 0.351. The maximum Gasteiger partial charge on any atom is 0.301 e. The molecule has 1 aromatic rings. The van der Waals surface area contributed by atoms with Crippen LogP contribution in [-0.2, 0) is 10.1 Å². The van der Waals surface area contributed by atoms with Gasteiger partial charge in [-0.1, -0.05) is 12.1 Å². The second-order valence-electron chi connectivity index (χ2n) is 2.20. The van der Waals surface area contributed by atoms with Crippen LogP contribution >= 0.6 is 0 Å². The molecule has 9 N–H and O–H groups in total. The van der Waals surface area contributed by atoms with Crippen molar-refractivity contribution in [2.45, 2.75) is 4.90 Å². The zero-order valence-electron chi connectivity index (χ0n) is 8.25. The molecule has 11 heteroatoms. The Morgan fingerprint density at radius 2 is 1.47 bits per heavy atom. The van der Waals surface area contributed by atoms with Crippen LogP contribution in [0.3, 0.4) is 0 Å². The van der Waals surface area contributed by atoms with Crippen LogP contribution in [0.25, 0.3) is 0 Å². The Balaban J connectivity index is -0.000000211. The number of nitro benzene ring substituents is 1. The first kappa shape index (κ1) is 24.6. The van der Waals surface area contributed by atoms with Crippen molar-refractivity contribution in [3.05, 3.63) is 34.4 Å². The second-order valence-corrected chi connectivity index (χ2v) is 3.59. The molecule has 0 unspecified atom stereocenters. The third kappa shape index (κ3) is 5.86. The highest BCUT2D eigenvalue weighted by molar-refractivity contribution is 7.86. The molecule has 0 saturated carbocycles. The number of benzene rings is 1. The summed E-state index contributed by atoms with van der Waals surface area (Å²) in [4.78, 5) is 8.73. The summed E-state index contributed by atoms with van der Waals surface area (Å²) in [5, 5.41) is 10.3. The Labute approximate surface area is 95.6 Å². The van der Waals surface area contributed by atoms with E-state index in [4.69, 9.17) is 4.55 Å².